The minimum Gasteiger partial charge on any atom is -0.490 e. The highest BCUT2D eigenvalue weighted by molar-refractivity contribution is 9.10. The predicted molar refractivity (Wildman–Crippen MR) is 134 cm³/mol. The van der Waals surface area contributed by atoms with Gasteiger partial charge in [-0.1, -0.05) is 34.1 Å². The smallest absolute Gasteiger partial charge is 0.262 e. The van der Waals surface area contributed by atoms with E-state index in [-0.39, 0.29) is 18.2 Å². The van der Waals surface area contributed by atoms with Gasteiger partial charge in [-0.15, -0.1) is 0 Å². The molecule has 1 saturated carbocycles. The van der Waals surface area contributed by atoms with Gasteiger partial charge in [0.2, 0.25) is 0 Å². The summed E-state index contributed by atoms with van der Waals surface area (Å²) in [5, 5.41) is 3.57. The van der Waals surface area contributed by atoms with Crippen LogP contribution in [0.2, 0.25) is 0 Å². The molecule has 1 aliphatic carbocycles. The number of fused-ring (bicyclic) bond motifs is 1. The molecule has 3 aromatic rings. The summed E-state index contributed by atoms with van der Waals surface area (Å²) in [6.45, 7) is 2.51. The third-order valence-corrected chi connectivity index (χ3v) is 6.74. The van der Waals surface area contributed by atoms with Crippen LogP contribution in [-0.2, 0) is 0 Å². The summed E-state index contributed by atoms with van der Waals surface area (Å²) in [5.41, 5.74) is 3.23. The summed E-state index contributed by atoms with van der Waals surface area (Å²) in [7, 11) is 0. The van der Waals surface area contributed by atoms with Crippen molar-refractivity contribution in [2.75, 3.05) is 16.8 Å². The Bertz CT molecular complexity index is 1140. The molecular formula is C27H27BrN2O3. The first kappa shape index (κ1) is 21.8. The van der Waals surface area contributed by atoms with E-state index in [1.165, 1.54) is 12.8 Å². The Morgan fingerprint density at radius 3 is 2.52 bits per heavy atom. The summed E-state index contributed by atoms with van der Waals surface area (Å²) in [6.07, 6.45) is 4.45. The fourth-order valence-corrected chi connectivity index (χ4v) is 4.87. The van der Waals surface area contributed by atoms with Crippen molar-refractivity contribution in [3.63, 3.8) is 0 Å². The van der Waals surface area contributed by atoms with E-state index in [9.17, 15) is 4.79 Å². The lowest BCUT2D eigenvalue weighted by Crippen LogP contribution is -2.43. The molecule has 1 aliphatic heterocycles. The summed E-state index contributed by atoms with van der Waals surface area (Å²) in [4.78, 5) is 15.4. The molecule has 0 spiro atoms. The molecule has 0 unspecified atom stereocenters. The highest BCUT2D eigenvalue weighted by Gasteiger charge is 2.34. The van der Waals surface area contributed by atoms with Crippen LogP contribution < -0.4 is 19.7 Å². The molecule has 6 heteroatoms. The molecule has 1 amide bonds. The van der Waals surface area contributed by atoms with Crippen LogP contribution in [-0.4, -0.2) is 18.6 Å². The third kappa shape index (κ3) is 4.44. The molecule has 0 aromatic heterocycles. The standard InChI is InChI=1S/C27H27BrN2O3/c1-2-32-25-17-18(11-16-24(25)33-21-7-3-4-8-21)26-29-23-10-6-5-9-22(23)27(31)30(26)20-14-12-19(28)13-15-20/h5-6,9-17,21,26,29H,2-4,7-8H2,1H3/t26-/m1/s1. The van der Waals surface area contributed by atoms with Gasteiger partial charge in [-0.2, -0.15) is 0 Å². The first-order valence-corrected chi connectivity index (χ1v) is 12.3. The van der Waals surface area contributed by atoms with Gasteiger partial charge in [0.25, 0.3) is 5.91 Å². The Balaban J connectivity index is 1.55. The van der Waals surface area contributed by atoms with Crippen molar-refractivity contribution in [2.24, 2.45) is 0 Å². The van der Waals surface area contributed by atoms with Gasteiger partial charge in [0.15, 0.2) is 11.5 Å². The molecule has 1 heterocycles. The van der Waals surface area contributed by atoms with Crippen LogP contribution in [0.3, 0.4) is 0 Å². The fourth-order valence-electron chi connectivity index (χ4n) is 4.60. The van der Waals surface area contributed by atoms with Gasteiger partial charge in [0.05, 0.1) is 18.3 Å². The summed E-state index contributed by atoms with van der Waals surface area (Å²) < 4.78 is 13.2. The van der Waals surface area contributed by atoms with E-state index in [1.54, 1.807) is 4.90 Å². The van der Waals surface area contributed by atoms with Crippen LogP contribution in [0, 0.1) is 0 Å². The van der Waals surface area contributed by atoms with E-state index in [1.807, 2.05) is 73.7 Å². The van der Waals surface area contributed by atoms with Crippen molar-refractivity contribution in [3.05, 3.63) is 82.3 Å². The van der Waals surface area contributed by atoms with E-state index in [4.69, 9.17) is 9.47 Å². The van der Waals surface area contributed by atoms with Crippen LogP contribution in [0.25, 0.3) is 0 Å². The van der Waals surface area contributed by atoms with Crippen molar-refractivity contribution in [2.45, 2.75) is 44.9 Å². The number of para-hydroxylation sites is 1. The lowest BCUT2D eigenvalue weighted by atomic mass is 10.0. The van der Waals surface area contributed by atoms with E-state index in [0.29, 0.717) is 17.9 Å². The molecule has 170 valence electrons. The number of ether oxygens (including phenoxy) is 2. The second kappa shape index (κ2) is 9.48. The lowest BCUT2D eigenvalue weighted by Gasteiger charge is -2.38. The highest BCUT2D eigenvalue weighted by Crippen LogP contribution is 2.40. The van der Waals surface area contributed by atoms with Crippen LogP contribution in [0.1, 0.15) is 54.7 Å². The molecule has 0 radical (unpaired) electrons. The number of rotatable bonds is 6. The summed E-state index contributed by atoms with van der Waals surface area (Å²) >= 11 is 3.49. The number of nitrogens with one attached hydrogen (secondary N) is 1. The van der Waals surface area contributed by atoms with E-state index >= 15 is 0 Å². The molecule has 3 aromatic carbocycles. The Labute approximate surface area is 202 Å². The van der Waals surface area contributed by atoms with Crippen molar-refractivity contribution in [3.8, 4) is 11.5 Å². The van der Waals surface area contributed by atoms with Gasteiger partial charge in [0.1, 0.15) is 6.17 Å². The number of nitrogens with zero attached hydrogens (tertiary/aromatic N) is 1. The number of anilines is 2. The minimum atomic E-state index is -0.381. The van der Waals surface area contributed by atoms with Crippen molar-refractivity contribution >= 4 is 33.2 Å². The number of halogens is 1. The van der Waals surface area contributed by atoms with E-state index in [2.05, 4.69) is 21.2 Å². The zero-order valence-electron chi connectivity index (χ0n) is 18.6. The molecule has 0 saturated heterocycles. The zero-order valence-corrected chi connectivity index (χ0v) is 20.2. The topological polar surface area (TPSA) is 50.8 Å². The number of amides is 1. The van der Waals surface area contributed by atoms with Gasteiger partial charge < -0.3 is 14.8 Å². The first-order chi connectivity index (χ1) is 16.1. The molecular weight excluding hydrogens is 480 g/mol. The number of carbonyl (C=O) groups excluding carboxylic acids is 1. The quantitative estimate of drug-likeness (QED) is 0.393. The second-order valence-electron chi connectivity index (χ2n) is 8.41. The van der Waals surface area contributed by atoms with Gasteiger partial charge in [-0.25, -0.2) is 0 Å². The fraction of sp³-hybridized carbons (Fsp3) is 0.296. The lowest BCUT2D eigenvalue weighted by molar-refractivity contribution is 0.0975. The minimum absolute atomic E-state index is 0.0408. The SMILES string of the molecule is CCOc1cc([C@@H]2Nc3ccccc3C(=O)N2c2ccc(Br)cc2)ccc1OC1CCCC1. The molecule has 0 bridgehead atoms. The Morgan fingerprint density at radius 2 is 1.76 bits per heavy atom. The van der Waals surface area contributed by atoms with Gasteiger partial charge in [-0.05, 0) is 86.7 Å². The number of carbonyl (C=O) groups is 1. The highest BCUT2D eigenvalue weighted by atomic mass is 79.9. The van der Waals surface area contributed by atoms with Crippen molar-refractivity contribution in [1.29, 1.82) is 0 Å². The maximum absolute atomic E-state index is 13.6. The van der Waals surface area contributed by atoms with Crippen LogP contribution in [0.5, 0.6) is 11.5 Å². The molecule has 1 atom stereocenters. The third-order valence-electron chi connectivity index (χ3n) is 6.21. The van der Waals surface area contributed by atoms with E-state index in [0.717, 1.165) is 40.0 Å². The molecule has 5 rings (SSSR count). The zero-order chi connectivity index (χ0) is 22.8. The summed E-state index contributed by atoms with van der Waals surface area (Å²) in [5.74, 6) is 1.44. The Kier molecular flexibility index (Phi) is 6.27. The molecule has 1 N–H and O–H groups in total. The maximum Gasteiger partial charge on any atom is 0.262 e. The molecule has 33 heavy (non-hydrogen) atoms. The average Bonchev–Trinajstić information content (AvgIpc) is 3.34. The normalized spacial score (nSPS) is 18.1. The monoisotopic (exact) mass is 506 g/mol. The Hall–Kier alpha value is -2.99. The number of benzene rings is 3. The Morgan fingerprint density at radius 1 is 1.00 bits per heavy atom. The predicted octanol–water partition coefficient (Wildman–Crippen LogP) is 6.94. The number of hydrogen-bond acceptors (Lipinski definition) is 4. The van der Waals surface area contributed by atoms with Crippen molar-refractivity contribution < 1.29 is 14.3 Å². The molecule has 5 nitrogen and oxygen atoms in total. The molecule has 2 aliphatic rings. The van der Waals surface area contributed by atoms with Gasteiger partial charge in [0, 0.05) is 15.8 Å². The van der Waals surface area contributed by atoms with Gasteiger partial charge in [-0.3, -0.25) is 9.69 Å². The summed E-state index contributed by atoms with van der Waals surface area (Å²) in [6, 6.07) is 21.4. The van der Waals surface area contributed by atoms with Crippen LogP contribution in [0.4, 0.5) is 11.4 Å². The van der Waals surface area contributed by atoms with E-state index < -0.39 is 0 Å². The van der Waals surface area contributed by atoms with Crippen LogP contribution in [0.15, 0.2) is 71.2 Å². The average molecular weight is 507 g/mol. The maximum atomic E-state index is 13.6. The first-order valence-electron chi connectivity index (χ1n) is 11.5. The second-order valence-corrected chi connectivity index (χ2v) is 9.32. The van der Waals surface area contributed by atoms with Crippen molar-refractivity contribution in [1.82, 2.24) is 0 Å². The molecule has 1 fully saturated rings. The van der Waals surface area contributed by atoms with Crippen LogP contribution >= 0.6 is 15.9 Å². The largest absolute Gasteiger partial charge is 0.490 e. The van der Waals surface area contributed by atoms with Gasteiger partial charge >= 0.3 is 0 Å². The number of hydrogen-bond donors (Lipinski definition) is 1.